The molecule has 1 aromatic carbocycles. The van der Waals surface area contributed by atoms with Crippen molar-refractivity contribution in [1.29, 1.82) is 0 Å². The van der Waals surface area contributed by atoms with Crippen LogP contribution in [0.25, 0.3) is 0 Å². The maximum Gasteiger partial charge on any atom is 0.338 e. The lowest BCUT2D eigenvalue weighted by atomic mass is 9.92. The van der Waals surface area contributed by atoms with Crippen LogP contribution in [-0.2, 0) is 14.3 Å². The number of ether oxygens (including phenoxy) is 1. The second-order valence-corrected chi connectivity index (χ2v) is 12.6. The molecule has 0 saturated carbocycles. The molecular formula is C29H35F3N6O4S. The van der Waals surface area contributed by atoms with E-state index < -0.39 is 53.8 Å². The highest BCUT2D eigenvalue weighted by atomic mass is 32.1. The minimum absolute atomic E-state index is 0.0482. The van der Waals surface area contributed by atoms with Crippen molar-refractivity contribution in [1.82, 2.24) is 25.2 Å². The number of carboxylic acid groups (broad SMARTS) is 1. The summed E-state index contributed by atoms with van der Waals surface area (Å²) in [5, 5.41) is 18.2. The first kappa shape index (κ1) is 31.1. The average Bonchev–Trinajstić information content (AvgIpc) is 3.63. The van der Waals surface area contributed by atoms with Gasteiger partial charge in [-0.2, -0.15) is 0 Å². The number of benzene rings is 1. The van der Waals surface area contributed by atoms with Crippen molar-refractivity contribution in [3.63, 3.8) is 0 Å². The molecule has 43 heavy (non-hydrogen) atoms. The van der Waals surface area contributed by atoms with E-state index in [2.05, 4.69) is 10.3 Å². The van der Waals surface area contributed by atoms with Gasteiger partial charge in [0.1, 0.15) is 17.9 Å². The molecule has 0 bridgehead atoms. The normalized spacial score (nSPS) is 24.6. The average molecular weight is 621 g/mol. The molecule has 14 heteroatoms. The Balaban J connectivity index is 1.56. The highest BCUT2D eigenvalue weighted by Gasteiger charge is 2.61. The number of hydrazine groups is 1. The predicted molar refractivity (Wildman–Crippen MR) is 154 cm³/mol. The third-order valence-electron chi connectivity index (χ3n) is 8.31. The van der Waals surface area contributed by atoms with Gasteiger partial charge >= 0.3 is 11.9 Å². The van der Waals surface area contributed by atoms with Crippen LogP contribution >= 0.6 is 11.3 Å². The van der Waals surface area contributed by atoms with Crippen molar-refractivity contribution in [3.05, 3.63) is 63.0 Å². The Bertz CT molecular complexity index is 1460. The van der Waals surface area contributed by atoms with Gasteiger partial charge in [-0.15, -0.1) is 11.3 Å². The molecule has 0 spiro atoms. The van der Waals surface area contributed by atoms with E-state index in [4.69, 9.17) is 9.73 Å². The molecule has 3 atom stereocenters. The number of carbonyl (C=O) groups is 2. The molecule has 5 rings (SSSR count). The van der Waals surface area contributed by atoms with Gasteiger partial charge in [0, 0.05) is 50.0 Å². The number of likely N-dealkylation sites (N-methyl/N-ethyl adjacent to an activating group) is 1. The molecule has 3 aliphatic rings. The molecule has 10 nitrogen and oxygen atoms in total. The molecule has 0 aliphatic carbocycles. The van der Waals surface area contributed by atoms with Crippen molar-refractivity contribution < 1.29 is 32.6 Å². The second-order valence-electron chi connectivity index (χ2n) is 11.7. The van der Waals surface area contributed by atoms with Crippen LogP contribution in [0.2, 0.25) is 0 Å². The molecule has 2 saturated heterocycles. The number of aliphatic carboxylic acids is 1. The van der Waals surface area contributed by atoms with E-state index in [0.29, 0.717) is 27.7 Å². The van der Waals surface area contributed by atoms with E-state index in [1.54, 1.807) is 62.3 Å². The standard InChI is InChI=1S/C29H35F3N6O4S/c1-6-42-26(39)21-19(34-24(25-33-10-11-43-25)35-22(21)17-8-7-9-18(30)16(17)2)12-37-15-29(31,32)23-20(37)13-38(36(23)5)14-28(3,4)27(40)41/h7-11,20,22-23H,6,12-15H2,1-5H3,(H,34,35)(H,40,41). The molecule has 3 aliphatic heterocycles. The van der Waals surface area contributed by atoms with Crippen LogP contribution in [0.5, 0.6) is 0 Å². The zero-order valence-corrected chi connectivity index (χ0v) is 25.4. The Hall–Kier alpha value is -3.33. The molecule has 1 aromatic heterocycles. The van der Waals surface area contributed by atoms with E-state index in [1.807, 2.05) is 0 Å². The molecule has 2 fully saturated rings. The van der Waals surface area contributed by atoms with Crippen LogP contribution in [0.15, 0.2) is 46.0 Å². The molecule has 0 radical (unpaired) electrons. The van der Waals surface area contributed by atoms with Gasteiger partial charge in [-0.3, -0.25) is 14.7 Å². The quantitative estimate of drug-likeness (QED) is 0.408. The van der Waals surface area contributed by atoms with Crippen molar-refractivity contribution >= 4 is 29.1 Å². The third kappa shape index (κ3) is 5.80. The van der Waals surface area contributed by atoms with Crippen LogP contribution in [-0.4, -0.2) is 101 Å². The van der Waals surface area contributed by atoms with Gasteiger partial charge in [-0.05, 0) is 44.9 Å². The summed E-state index contributed by atoms with van der Waals surface area (Å²) in [6, 6.07) is 1.71. The third-order valence-corrected chi connectivity index (χ3v) is 9.08. The Kier molecular flexibility index (Phi) is 8.42. The Morgan fingerprint density at radius 1 is 1.30 bits per heavy atom. The maximum atomic E-state index is 15.6. The first-order chi connectivity index (χ1) is 20.2. The zero-order chi connectivity index (χ0) is 31.3. The molecule has 2 N–H and O–H groups in total. The number of alkyl halides is 2. The first-order valence-electron chi connectivity index (χ1n) is 14.0. The van der Waals surface area contributed by atoms with Gasteiger partial charge in [0.2, 0.25) is 0 Å². The van der Waals surface area contributed by atoms with E-state index in [0.717, 1.165) is 0 Å². The number of nitrogens with zero attached hydrogens (tertiary/aromatic N) is 5. The Morgan fingerprint density at radius 2 is 2.05 bits per heavy atom. The molecule has 4 heterocycles. The van der Waals surface area contributed by atoms with Crippen LogP contribution in [0.4, 0.5) is 13.2 Å². The molecule has 0 amide bonds. The van der Waals surface area contributed by atoms with Gasteiger partial charge in [-0.1, -0.05) is 12.1 Å². The molecule has 3 unspecified atom stereocenters. The number of likely N-dealkylation sites (tertiary alicyclic amines) is 1. The van der Waals surface area contributed by atoms with E-state index in [-0.39, 0.29) is 31.8 Å². The summed E-state index contributed by atoms with van der Waals surface area (Å²) in [5.74, 6) is -4.96. The number of amidine groups is 1. The molecule has 2 aromatic rings. The van der Waals surface area contributed by atoms with E-state index >= 15 is 8.78 Å². The van der Waals surface area contributed by atoms with Crippen molar-refractivity contribution in [2.75, 3.05) is 39.8 Å². The number of thiazole rings is 1. The van der Waals surface area contributed by atoms with Crippen molar-refractivity contribution in [2.45, 2.75) is 51.7 Å². The fourth-order valence-corrected chi connectivity index (χ4v) is 6.65. The Labute approximate surface area is 251 Å². The number of esters is 1. The van der Waals surface area contributed by atoms with Gasteiger partial charge in [-0.25, -0.2) is 33.0 Å². The zero-order valence-electron chi connectivity index (χ0n) is 24.6. The number of carboxylic acids is 1. The summed E-state index contributed by atoms with van der Waals surface area (Å²) in [7, 11) is 1.55. The number of aromatic nitrogens is 1. The minimum Gasteiger partial charge on any atom is -0.481 e. The fraction of sp³-hybridized carbons (Fsp3) is 0.517. The first-order valence-corrected chi connectivity index (χ1v) is 14.9. The van der Waals surface area contributed by atoms with Gasteiger partial charge < -0.3 is 15.2 Å². The second kappa shape index (κ2) is 11.6. The maximum absolute atomic E-state index is 15.6. The van der Waals surface area contributed by atoms with E-state index in [9.17, 15) is 19.1 Å². The SMILES string of the molecule is CCOC(=O)C1=C(CN2CC(F)(F)C3C2CN(CC(C)(C)C(=O)O)N3C)NC(c2nccs2)=NC1c1cccc(F)c1C. The van der Waals surface area contributed by atoms with Gasteiger partial charge in [0.15, 0.2) is 10.8 Å². The number of fused-ring (bicyclic) bond motifs is 1. The predicted octanol–water partition coefficient (Wildman–Crippen LogP) is 3.46. The number of halogens is 3. The van der Waals surface area contributed by atoms with Crippen LogP contribution in [0.3, 0.4) is 0 Å². The van der Waals surface area contributed by atoms with Crippen LogP contribution in [0, 0.1) is 18.2 Å². The van der Waals surface area contributed by atoms with Crippen LogP contribution < -0.4 is 5.32 Å². The van der Waals surface area contributed by atoms with Crippen molar-refractivity contribution in [2.24, 2.45) is 10.4 Å². The van der Waals surface area contributed by atoms with Gasteiger partial charge in [0.25, 0.3) is 5.92 Å². The smallest absolute Gasteiger partial charge is 0.338 e. The monoisotopic (exact) mass is 620 g/mol. The summed E-state index contributed by atoms with van der Waals surface area (Å²) in [6.45, 7) is 6.02. The number of carbonyl (C=O) groups excluding carboxylic acids is 1. The summed E-state index contributed by atoms with van der Waals surface area (Å²) >= 11 is 1.31. The number of hydrogen-bond donors (Lipinski definition) is 2. The fourth-order valence-electron chi connectivity index (χ4n) is 6.06. The number of rotatable bonds is 9. The molecule has 232 valence electrons. The molecular weight excluding hydrogens is 585 g/mol. The number of nitrogens with one attached hydrogen (secondary N) is 1. The summed E-state index contributed by atoms with van der Waals surface area (Å²) in [4.78, 5) is 36.0. The van der Waals surface area contributed by atoms with E-state index in [1.165, 1.54) is 28.5 Å². The lowest BCUT2D eigenvalue weighted by molar-refractivity contribution is -0.152. The number of hydrogen-bond acceptors (Lipinski definition) is 10. The lowest BCUT2D eigenvalue weighted by Gasteiger charge is -2.35. The lowest BCUT2D eigenvalue weighted by Crippen LogP contribution is -2.50. The summed E-state index contributed by atoms with van der Waals surface area (Å²) in [5.41, 5.74) is 0.0174. The summed E-state index contributed by atoms with van der Waals surface area (Å²) < 4.78 is 51.4. The highest BCUT2D eigenvalue weighted by molar-refractivity contribution is 7.11. The van der Waals surface area contributed by atoms with Crippen LogP contribution in [0.1, 0.15) is 42.9 Å². The topological polar surface area (TPSA) is 111 Å². The largest absolute Gasteiger partial charge is 0.481 e. The Morgan fingerprint density at radius 3 is 2.70 bits per heavy atom. The van der Waals surface area contributed by atoms with Gasteiger partial charge in [0.05, 0.1) is 24.1 Å². The summed E-state index contributed by atoms with van der Waals surface area (Å²) in [6.07, 6.45) is 1.60. The number of aliphatic imine (C=N–C) groups is 1. The highest BCUT2D eigenvalue weighted by Crippen LogP contribution is 2.43. The minimum atomic E-state index is -3.12. The van der Waals surface area contributed by atoms with Crippen molar-refractivity contribution in [3.8, 4) is 0 Å².